The minimum Gasteiger partial charge on any atom is -0.399 e. The lowest BCUT2D eigenvalue weighted by Crippen LogP contribution is -1.81. The van der Waals surface area contributed by atoms with E-state index in [0.717, 1.165) is 20.9 Å². The molecule has 6 heteroatoms. The summed E-state index contributed by atoms with van der Waals surface area (Å²) in [6.07, 6.45) is 0. The zero-order valence-electron chi connectivity index (χ0n) is 9.54. The number of halogens is 2. The Kier molecular flexibility index (Phi) is 4.99. The second kappa shape index (κ2) is 5.89. The van der Waals surface area contributed by atoms with E-state index in [9.17, 15) is 0 Å². The Hall–Kier alpha value is -0.810. The number of fused-ring (bicyclic) bond motifs is 1. The fourth-order valence-electron chi connectivity index (χ4n) is 1.60. The summed E-state index contributed by atoms with van der Waals surface area (Å²) in [7, 11) is 0. The minimum atomic E-state index is 0. The molecule has 96 valence electrons. The van der Waals surface area contributed by atoms with E-state index in [0.29, 0.717) is 0 Å². The largest absolute Gasteiger partial charge is 0.399 e. The molecule has 0 aliphatic rings. The Morgan fingerprint density at radius 3 is 2.50 bits per heavy atom. The van der Waals surface area contributed by atoms with Crippen molar-refractivity contribution in [3.05, 3.63) is 35.2 Å². The molecule has 0 spiro atoms. The maximum Gasteiger partial charge on any atom is 0.134 e. The van der Waals surface area contributed by atoms with Gasteiger partial charge in [0, 0.05) is 10.6 Å². The van der Waals surface area contributed by atoms with Crippen LogP contribution in [0.25, 0.3) is 20.1 Å². The Balaban J connectivity index is 0.000000810. The van der Waals surface area contributed by atoms with Crippen LogP contribution in [0.5, 0.6) is 0 Å². The molecule has 18 heavy (non-hydrogen) atoms. The van der Waals surface area contributed by atoms with E-state index in [4.69, 9.17) is 5.73 Å². The third-order valence-electron chi connectivity index (χ3n) is 2.36. The highest BCUT2D eigenvalue weighted by Gasteiger charge is 2.07. The van der Waals surface area contributed by atoms with Crippen molar-refractivity contribution in [2.45, 2.75) is 6.92 Å². The van der Waals surface area contributed by atoms with Crippen LogP contribution in [0.15, 0.2) is 30.3 Å². The van der Waals surface area contributed by atoms with Crippen LogP contribution in [0.3, 0.4) is 0 Å². The quantitative estimate of drug-likeness (QED) is 0.657. The predicted molar refractivity (Wildman–Crippen MR) is 86.6 cm³/mol. The highest BCUT2D eigenvalue weighted by Crippen LogP contribution is 2.34. The number of nitrogens with two attached hydrogens (primary N) is 1. The van der Waals surface area contributed by atoms with Gasteiger partial charge < -0.3 is 5.73 Å². The molecule has 0 saturated heterocycles. The van der Waals surface area contributed by atoms with E-state index < -0.39 is 0 Å². The molecule has 2 nitrogen and oxygen atoms in total. The van der Waals surface area contributed by atoms with Crippen LogP contribution >= 0.6 is 47.5 Å². The molecule has 0 atom stereocenters. The van der Waals surface area contributed by atoms with E-state index in [1.807, 2.05) is 18.2 Å². The highest BCUT2D eigenvalue weighted by molar-refractivity contribution is 7.25. The highest BCUT2D eigenvalue weighted by atomic mass is 35.5. The molecular weight excluding hydrogens is 307 g/mol. The molecule has 0 amide bonds. The molecule has 3 aromatic rings. The van der Waals surface area contributed by atoms with Gasteiger partial charge in [0.2, 0.25) is 0 Å². The second-order valence-electron chi connectivity index (χ2n) is 3.66. The molecule has 0 fully saturated rings. The third kappa shape index (κ3) is 2.78. The van der Waals surface area contributed by atoms with Gasteiger partial charge in [-0.05, 0) is 37.3 Å². The molecule has 0 radical (unpaired) electrons. The van der Waals surface area contributed by atoms with Crippen LogP contribution in [0, 0.1) is 6.92 Å². The first kappa shape index (κ1) is 15.2. The molecule has 2 heterocycles. The van der Waals surface area contributed by atoms with Crippen molar-refractivity contribution in [2.75, 3.05) is 5.73 Å². The molecule has 2 aromatic heterocycles. The summed E-state index contributed by atoms with van der Waals surface area (Å²) >= 11 is 3.47. The number of thiophene rings is 1. The first-order valence-electron chi connectivity index (χ1n) is 4.95. The number of nitrogens with zero attached hydrogens (tertiary/aromatic N) is 1. The van der Waals surface area contributed by atoms with Crippen molar-refractivity contribution in [3.8, 4) is 9.88 Å². The van der Waals surface area contributed by atoms with Gasteiger partial charge in [-0.1, -0.05) is 0 Å². The minimum absolute atomic E-state index is 0. The average Bonchev–Trinajstić information content (AvgIpc) is 2.83. The molecule has 0 unspecified atom stereocenters. The SMILES string of the molecule is Cc1ccc(-c2nc3ccc(N)cc3s2)s1.Cl.Cl. The molecule has 0 bridgehead atoms. The average molecular weight is 319 g/mol. The molecule has 0 aliphatic heterocycles. The number of aromatic nitrogens is 1. The molecule has 3 rings (SSSR count). The second-order valence-corrected chi connectivity index (χ2v) is 5.98. The summed E-state index contributed by atoms with van der Waals surface area (Å²) < 4.78 is 1.15. The summed E-state index contributed by atoms with van der Waals surface area (Å²) in [6.45, 7) is 2.11. The third-order valence-corrected chi connectivity index (χ3v) is 4.55. The predicted octanol–water partition coefficient (Wildman–Crippen LogP) is 4.76. The zero-order chi connectivity index (χ0) is 11.1. The van der Waals surface area contributed by atoms with Crippen LogP contribution in [0.2, 0.25) is 0 Å². The van der Waals surface area contributed by atoms with Gasteiger partial charge in [0.25, 0.3) is 0 Å². The number of hydrogen-bond donors (Lipinski definition) is 1. The maximum atomic E-state index is 5.76. The van der Waals surface area contributed by atoms with Crippen molar-refractivity contribution in [3.63, 3.8) is 0 Å². The van der Waals surface area contributed by atoms with Gasteiger partial charge in [0.1, 0.15) is 5.01 Å². The van der Waals surface area contributed by atoms with Crippen molar-refractivity contribution in [2.24, 2.45) is 0 Å². The maximum absolute atomic E-state index is 5.76. The first-order valence-corrected chi connectivity index (χ1v) is 6.58. The van der Waals surface area contributed by atoms with E-state index in [1.54, 1.807) is 22.7 Å². The monoisotopic (exact) mass is 318 g/mol. The standard InChI is InChI=1S/C12H10N2S2.2ClH/c1-7-2-5-10(15-7)12-14-9-4-3-8(13)6-11(9)16-12;;/h2-6H,13H2,1H3;2*1H. The smallest absolute Gasteiger partial charge is 0.134 e. The van der Waals surface area contributed by atoms with Gasteiger partial charge in [-0.15, -0.1) is 47.5 Å². The lowest BCUT2D eigenvalue weighted by atomic mass is 10.3. The van der Waals surface area contributed by atoms with Gasteiger partial charge in [-0.2, -0.15) is 0 Å². The summed E-state index contributed by atoms with van der Waals surface area (Å²) in [5.41, 5.74) is 7.58. The van der Waals surface area contributed by atoms with Gasteiger partial charge in [0.05, 0.1) is 15.1 Å². The molecule has 0 aliphatic carbocycles. The van der Waals surface area contributed by atoms with Crippen molar-refractivity contribution in [1.82, 2.24) is 4.98 Å². The summed E-state index contributed by atoms with van der Waals surface area (Å²) in [6, 6.07) is 10.1. The summed E-state index contributed by atoms with van der Waals surface area (Å²) in [5, 5.41) is 1.08. The Morgan fingerprint density at radius 2 is 1.83 bits per heavy atom. The van der Waals surface area contributed by atoms with E-state index >= 15 is 0 Å². The lowest BCUT2D eigenvalue weighted by molar-refractivity contribution is 1.50. The van der Waals surface area contributed by atoms with Crippen molar-refractivity contribution < 1.29 is 0 Å². The summed E-state index contributed by atoms with van der Waals surface area (Å²) in [4.78, 5) is 7.16. The van der Waals surface area contributed by atoms with Gasteiger partial charge in [-0.3, -0.25) is 0 Å². The number of thiazole rings is 1. The van der Waals surface area contributed by atoms with Crippen molar-refractivity contribution in [1.29, 1.82) is 0 Å². The fraction of sp³-hybridized carbons (Fsp3) is 0.0833. The number of aryl methyl sites for hydroxylation is 1. The number of anilines is 1. The Bertz CT molecular complexity index is 661. The summed E-state index contributed by atoms with van der Waals surface area (Å²) in [5.74, 6) is 0. The van der Waals surface area contributed by atoms with E-state index in [-0.39, 0.29) is 24.8 Å². The van der Waals surface area contributed by atoms with Crippen LogP contribution in [0.4, 0.5) is 5.69 Å². The number of rotatable bonds is 1. The number of hydrogen-bond acceptors (Lipinski definition) is 4. The van der Waals surface area contributed by atoms with Crippen molar-refractivity contribution >= 4 is 63.4 Å². The zero-order valence-corrected chi connectivity index (χ0v) is 12.8. The van der Waals surface area contributed by atoms with Crippen LogP contribution < -0.4 is 5.73 Å². The van der Waals surface area contributed by atoms with Gasteiger partial charge >= 0.3 is 0 Å². The van der Waals surface area contributed by atoms with Crippen LogP contribution in [-0.4, -0.2) is 4.98 Å². The van der Waals surface area contributed by atoms with Gasteiger partial charge in [-0.25, -0.2) is 4.98 Å². The topological polar surface area (TPSA) is 38.9 Å². The Labute approximate surface area is 126 Å². The first-order chi connectivity index (χ1) is 7.72. The van der Waals surface area contributed by atoms with Crippen LogP contribution in [-0.2, 0) is 0 Å². The van der Waals surface area contributed by atoms with Gasteiger partial charge in [0.15, 0.2) is 0 Å². The van der Waals surface area contributed by atoms with E-state index in [1.165, 1.54) is 9.75 Å². The molecular formula is C12H12Cl2N2S2. The number of nitrogen functional groups attached to an aromatic ring is 1. The molecule has 1 aromatic carbocycles. The fourth-order valence-corrected chi connectivity index (χ4v) is 3.53. The molecule has 2 N–H and O–H groups in total. The normalized spacial score (nSPS) is 9.83. The number of benzene rings is 1. The molecule has 0 saturated carbocycles. The lowest BCUT2D eigenvalue weighted by Gasteiger charge is -1.89. The van der Waals surface area contributed by atoms with Crippen LogP contribution in [0.1, 0.15) is 4.88 Å². The van der Waals surface area contributed by atoms with E-state index in [2.05, 4.69) is 24.0 Å². The Morgan fingerprint density at radius 1 is 1.06 bits per heavy atom.